The topological polar surface area (TPSA) is 38.5 Å². The maximum absolute atomic E-state index is 5.96. The third kappa shape index (κ3) is 3.79. The lowest BCUT2D eigenvalue weighted by atomic mass is 9.94. The number of likely N-dealkylation sites (N-methyl/N-ethyl adjacent to an activating group) is 1. The minimum Gasteiger partial charge on any atom is -0.383 e. The Morgan fingerprint density at radius 1 is 1.44 bits per heavy atom. The Kier molecular flexibility index (Phi) is 6.29. The highest BCUT2D eigenvalue weighted by Gasteiger charge is 2.31. The molecule has 1 aromatic carbocycles. The highest BCUT2D eigenvalue weighted by atomic mass is 79.9. The van der Waals surface area contributed by atoms with Crippen LogP contribution < -0.4 is 5.73 Å². The lowest BCUT2D eigenvalue weighted by Crippen LogP contribution is -2.54. The van der Waals surface area contributed by atoms with E-state index >= 15 is 0 Å². The predicted molar refractivity (Wildman–Crippen MR) is 79.6 cm³/mol. The lowest BCUT2D eigenvalue weighted by Gasteiger charge is -2.40. The van der Waals surface area contributed by atoms with Crippen LogP contribution in [0.3, 0.4) is 0 Å². The molecule has 0 saturated carbocycles. The summed E-state index contributed by atoms with van der Waals surface area (Å²) in [4.78, 5) is 2.29. The van der Waals surface area contributed by atoms with E-state index in [0.717, 1.165) is 17.4 Å². The van der Waals surface area contributed by atoms with E-state index in [9.17, 15) is 0 Å². The van der Waals surface area contributed by atoms with Gasteiger partial charge in [0.25, 0.3) is 0 Å². The van der Waals surface area contributed by atoms with Crippen molar-refractivity contribution in [2.75, 3.05) is 27.3 Å². The van der Waals surface area contributed by atoms with Crippen LogP contribution in [-0.4, -0.2) is 37.7 Å². The van der Waals surface area contributed by atoms with E-state index in [4.69, 9.17) is 10.5 Å². The summed E-state index contributed by atoms with van der Waals surface area (Å²) in [5.74, 6) is 0. The van der Waals surface area contributed by atoms with Crippen molar-refractivity contribution in [3.05, 3.63) is 34.3 Å². The second kappa shape index (κ2) is 7.24. The van der Waals surface area contributed by atoms with Gasteiger partial charge in [0.1, 0.15) is 0 Å². The largest absolute Gasteiger partial charge is 0.383 e. The number of methoxy groups -OCH3 is 1. The summed E-state index contributed by atoms with van der Waals surface area (Å²) in [7, 11) is 3.84. The minimum atomic E-state index is -0.0862. The molecule has 1 aromatic rings. The highest BCUT2D eigenvalue weighted by molar-refractivity contribution is 9.10. The molecule has 0 aliphatic heterocycles. The molecule has 1 unspecified atom stereocenters. The number of nitrogens with zero attached hydrogens (tertiary/aromatic N) is 1. The first-order chi connectivity index (χ1) is 8.57. The Balaban J connectivity index is 2.81. The first-order valence-electron chi connectivity index (χ1n) is 6.22. The summed E-state index contributed by atoms with van der Waals surface area (Å²) in [6, 6.07) is 8.36. The molecule has 0 aliphatic rings. The van der Waals surface area contributed by atoms with Gasteiger partial charge in [-0.1, -0.05) is 35.0 Å². The molecule has 0 heterocycles. The van der Waals surface area contributed by atoms with Gasteiger partial charge in [-0.3, -0.25) is 4.90 Å². The summed E-state index contributed by atoms with van der Waals surface area (Å²) in [6.45, 7) is 4.28. The minimum absolute atomic E-state index is 0.0862. The van der Waals surface area contributed by atoms with Crippen molar-refractivity contribution in [3.63, 3.8) is 0 Å². The van der Waals surface area contributed by atoms with Crippen molar-refractivity contribution in [1.82, 2.24) is 4.90 Å². The first-order valence-corrected chi connectivity index (χ1v) is 7.02. The molecule has 0 amide bonds. The molecule has 2 N–H and O–H groups in total. The molecule has 0 radical (unpaired) electrons. The summed E-state index contributed by atoms with van der Waals surface area (Å²) in [6.07, 6.45) is 0.974. The van der Waals surface area contributed by atoms with Crippen molar-refractivity contribution in [3.8, 4) is 0 Å². The summed E-state index contributed by atoms with van der Waals surface area (Å²) in [5, 5.41) is 0. The molecule has 0 fully saturated rings. The normalized spacial score (nSPS) is 14.8. The molecule has 3 nitrogen and oxygen atoms in total. The maximum atomic E-state index is 5.96. The third-order valence-corrected chi connectivity index (χ3v) is 4.06. The average molecular weight is 315 g/mol. The predicted octanol–water partition coefficient (Wildman–Crippen LogP) is 2.63. The van der Waals surface area contributed by atoms with Crippen LogP contribution in [0.4, 0.5) is 0 Å². The van der Waals surface area contributed by atoms with Gasteiger partial charge in [0.15, 0.2) is 0 Å². The molecular weight excluding hydrogens is 292 g/mol. The third-order valence-electron chi connectivity index (χ3n) is 3.57. The number of hydrogen-bond acceptors (Lipinski definition) is 3. The molecule has 0 bridgehead atoms. The fourth-order valence-electron chi connectivity index (χ4n) is 2.19. The van der Waals surface area contributed by atoms with Crippen LogP contribution in [-0.2, 0) is 11.3 Å². The van der Waals surface area contributed by atoms with E-state index in [1.165, 1.54) is 5.56 Å². The van der Waals surface area contributed by atoms with Gasteiger partial charge in [0.2, 0.25) is 0 Å². The Bertz CT molecular complexity index is 367. The summed E-state index contributed by atoms with van der Waals surface area (Å²) in [5.41, 5.74) is 7.14. The number of nitrogens with two attached hydrogens (primary N) is 1. The van der Waals surface area contributed by atoms with Crippen molar-refractivity contribution < 1.29 is 4.74 Å². The van der Waals surface area contributed by atoms with Gasteiger partial charge >= 0.3 is 0 Å². The molecule has 1 rings (SSSR count). The van der Waals surface area contributed by atoms with E-state index in [2.05, 4.69) is 53.0 Å². The fourth-order valence-corrected chi connectivity index (χ4v) is 2.63. The lowest BCUT2D eigenvalue weighted by molar-refractivity contribution is 0.0234. The highest BCUT2D eigenvalue weighted by Crippen LogP contribution is 2.21. The van der Waals surface area contributed by atoms with Crippen molar-refractivity contribution in [2.24, 2.45) is 5.73 Å². The molecule has 1 atom stereocenters. The zero-order chi connectivity index (χ0) is 13.6. The van der Waals surface area contributed by atoms with Gasteiger partial charge in [0.05, 0.1) is 12.1 Å². The van der Waals surface area contributed by atoms with Gasteiger partial charge in [-0.05, 0) is 31.2 Å². The second-order valence-corrected chi connectivity index (χ2v) is 5.62. The van der Waals surface area contributed by atoms with Crippen LogP contribution in [0.2, 0.25) is 0 Å². The molecule has 18 heavy (non-hydrogen) atoms. The van der Waals surface area contributed by atoms with Crippen molar-refractivity contribution >= 4 is 15.9 Å². The van der Waals surface area contributed by atoms with Crippen molar-refractivity contribution in [1.29, 1.82) is 0 Å². The van der Waals surface area contributed by atoms with Gasteiger partial charge in [-0.15, -0.1) is 0 Å². The smallest absolute Gasteiger partial charge is 0.0658 e. The van der Waals surface area contributed by atoms with Crippen LogP contribution in [0.25, 0.3) is 0 Å². The van der Waals surface area contributed by atoms with Gasteiger partial charge in [-0.2, -0.15) is 0 Å². The van der Waals surface area contributed by atoms with Crippen LogP contribution in [0.15, 0.2) is 28.7 Å². The first kappa shape index (κ1) is 15.6. The monoisotopic (exact) mass is 314 g/mol. The standard InChI is InChI=1S/C14H23BrN2O/c1-4-14(10-16,11-18-3)17(2)9-12-6-5-7-13(15)8-12/h5-8H,4,9-11,16H2,1-3H3. The number of benzene rings is 1. The zero-order valence-corrected chi connectivity index (χ0v) is 13.0. The number of hydrogen-bond donors (Lipinski definition) is 1. The van der Waals surface area contributed by atoms with E-state index in [0.29, 0.717) is 13.2 Å². The fraction of sp³-hybridized carbons (Fsp3) is 0.571. The summed E-state index contributed by atoms with van der Waals surface area (Å²) >= 11 is 3.50. The van der Waals surface area contributed by atoms with E-state index in [1.54, 1.807) is 7.11 Å². The molecule has 4 heteroatoms. The Morgan fingerprint density at radius 2 is 2.17 bits per heavy atom. The van der Waals surface area contributed by atoms with Crippen LogP contribution >= 0.6 is 15.9 Å². The molecule has 0 aliphatic carbocycles. The van der Waals surface area contributed by atoms with Crippen LogP contribution in [0, 0.1) is 0 Å². The Labute approximate surface area is 118 Å². The molecule has 0 saturated heterocycles. The molecule has 0 aromatic heterocycles. The van der Waals surface area contributed by atoms with E-state index in [-0.39, 0.29) is 5.54 Å². The molecule has 102 valence electrons. The maximum Gasteiger partial charge on any atom is 0.0658 e. The van der Waals surface area contributed by atoms with Crippen molar-refractivity contribution in [2.45, 2.75) is 25.4 Å². The Hall–Kier alpha value is -0.420. The van der Waals surface area contributed by atoms with Gasteiger partial charge in [-0.25, -0.2) is 0 Å². The number of halogens is 1. The van der Waals surface area contributed by atoms with Crippen LogP contribution in [0.1, 0.15) is 18.9 Å². The quantitative estimate of drug-likeness (QED) is 0.841. The van der Waals surface area contributed by atoms with E-state index < -0.39 is 0 Å². The second-order valence-electron chi connectivity index (χ2n) is 4.70. The van der Waals surface area contributed by atoms with Gasteiger partial charge < -0.3 is 10.5 Å². The zero-order valence-electron chi connectivity index (χ0n) is 11.4. The molecular formula is C14H23BrN2O. The Morgan fingerprint density at radius 3 is 2.67 bits per heavy atom. The SMILES string of the molecule is CCC(CN)(COC)N(C)Cc1cccc(Br)c1. The average Bonchev–Trinajstić information content (AvgIpc) is 2.36. The number of rotatable bonds is 7. The number of ether oxygens (including phenoxy) is 1. The van der Waals surface area contributed by atoms with Crippen LogP contribution in [0.5, 0.6) is 0 Å². The summed E-state index contributed by atoms with van der Waals surface area (Å²) < 4.78 is 6.45. The van der Waals surface area contributed by atoms with Gasteiger partial charge in [0, 0.05) is 24.7 Å². The molecule has 0 spiro atoms. The van der Waals surface area contributed by atoms with E-state index in [1.807, 2.05) is 6.07 Å².